The maximum atomic E-state index is 12.7. The number of benzene rings is 1. The maximum absolute atomic E-state index is 12.7. The van der Waals surface area contributed by atoms with E-state index >= 15 is 0 Å². The molecule has 0 aromatic heterocycles. The van der Waals surface area contributed by atoms with E-state index in [2.05, 4.69) is 10.0 Å². The van der Waals surface area contributed by atoms with Crippen molar-refractivity contribution < 1.29 is 18.0 Å². The lowest BCUT2D eigenvalue weighted by Crippen LogP contribution is -2.49. The minimum atomic E-state index is -3.52. The van der Waals surface area contributed by atoms with Crippen LogP contribution in [0, 0.1) is 11.3 Å². The van der Waals surface area contributed by atoms with Gasteiger partial charge in [-0.2, -0.15) is 0 Å². The number of nitrogens with one attached hydrogen (secondary N) is 3. The van der Waals surface area contributed by atoms with Crippen molar-refractivity contribution in [3.63, 3.8) is 0 Å². The van der Waals surface area contributed by atoms with E-state index in [-0.39, 0.29) is 35.9 Å². The predicted octanol–water partition coefficient (Wildman–Crippen LogP) is 1.08. The number of amidine groups is 1. The zero-order valence-electron chi connectivity index (χ0n) is 18.3. The van der Waals surface area contributed by atoms with Crippen molar-refractivity contribution in [3.05, 3.63) is 35.4 Å². The van der Waals surface area contributed by atoms with E-state index in [1.807, 2.05) is 0 Å². The average Bonchev–Trinajstić information content (AvgIpc) is 3.27. The first-order valence-electron chi connectivity index (χ1n) is 11.2. The van der Waals surface area contributed by atoms with Crippen molar-refractivity contribution in [2.45, 2.75) is 57.5 Å². The largest absolute Gasteiger partial charge is 0.384 e. The average molecular weight is 464 g/mol. The number of likely N-dealkylation sites (tertiary alicyclic amines) is 1. The van der Waals surface area contributed by atoms with Gasteiger partial charge >= 0.3 is 0 Å². The number of amides is 2. The Balaban J connectivity index is 1.48. The maximum Gasteiger partial charge on any atom is 0.243 e. The number of hydrogen-bond donors (Lipinski definition) is 4. The summed E-state index contributed by atoms with van der Waals surface area (Å²) in [5.41, 5.74) is 6.91. The van der Waals surface area contributed by atoms with Gasteiger partial charge in [0.1, 0.15) is 11.9 Å². The summed E-state index contributed by atoms with van der Waals surface area (Å²) in [6.45, 7) is 0.420. The topological polar surface area (TPSA) is 145 Å². The highest BCUT2D eigenvalue weighted by Gasteiger charge is 2.34. The van der Waals surface area contributed by atoms with Crippen LogP contribution in [0.3, 0.4) is 0 Å². The van der Waals surface area contributed by atoms with Crippen LogP contribution in [0.15, 0.2) is 24.3 Å². The first-order valence-corrected chi connectivity index (χ1v) is 12.9. The second-order valence-electron chi connectivity index (χ2n) is 8.68. The highest BCUT2D eigenvalue weighted by atomic mass is 32.2. The summed E-state index contributed by atoms with van der Waals surface area (Å²) in [7, 11) is -3.52. The Morgan fingerprint density at radius 2 is 1.75 bits per heavy atom. The fourth-order valence-electron chi connectivity index (χ4n) is 4.44. The molecule has 0 radical (unpaired) electrons. The van der Waals surface area contributed by atoms with Gasteiger partial charge in [0, 0.05) is 18.7 Å². The summed E-state index contributed by atoms with van der Waals surface area (Å²) < 4.78 is 27.2. The van der Waals surface area contributed by atoms with Gasteiger partial charge in [-0.05, 0) is 37.2 Å². The Morgan fingerprint density at radius 1 is 1.06 bits per heavy atom. The highest BCUT2D eigenvalue weighted by Crippen LogP contribution is 2.24. The van der Waals surface area contributed by atoms with Gasteiger partial charge in [-0.15, -0.1) is 0 Å². The molecule has 1 aliphatic carbocycles. The van der Waals surface area contributed by atoms with Crippen LogP contribution in [0.5, 0.6) is 0 Å². The molecule has 10 heteroatoms. The normalized spacial score (nSPS) is 19.6. The number of nitrogens with two attached hydrogens (primary N) is 1. The summed E-state index contributed by atoms with van der Waals surface area (Å²) in [5, 5.41) is 10.3. The van der Waals surface area contributed by atoms with E-state index in [1.165, 1.54) is 4.90 Å². The minimum absolute atomic E-state index is 0.0185. The molecular weight excluding hydrogens is 430 g/mol. The lowest BCUT2D eigenvalue weighted by molar-refractivity contribution is -0.137. The van der Waals surface area contributed by atoms with Crippen LogP contribution >= 0.6 is 0 Å². The fourth-order valence-corrected chi connectivity index (χ4v) is 5.86. The summed E-state index contributed by atoms with van der Waals surface area (Å²) in [6.07, 6.45) is 6.36. The number of hydrogen-bond acceptors (Lipinski definition) is 5. The number of carbonyl (C=O) groups is 2. The molecule has 5 N–H and O–H groups in total. The van der Waals surface area contributed by atoms with E-state index in [1.54, 1.807) is 24.3 Å². The van der Waals surface area contributed by atoms with E-state index < -0.39 is 16.1 Å². The third-order valence-electron chi connectivity index (χ3n) is 6.23. The van der Waals surface area contributed by atoms with Gasteiger partial charge in [-0.3, -0.25) is 15.0 Å². The highest BCUT2D eigenvalue weighted by molar-refractivity contribution is 7.89. The van der Waals surface area contributed by atoms with Crippen LogP contribution in [0.2, 0.25) is 0 Å². The Bertz CT molecular complexity index is 926. The molecule has 2 fully saturated rings. The molecule has 1 saturated heterocycles. The van der Waals surface area contributed by atoms with Crippen molar-refractivity contribution in [2.75, 3.05) is 18.8 Å². The molecular formula is C22H33N5O4S. The van der Waals surface area contributed by atoms with Crippen molar-refractivity contribution >= 4 is 27.7 Å². The van der Waals surface area contributed by atoms with Crippen molar-refractivity contribution in [1.82, 2.24) is 14.9 Å². The zero-order chi connectivity index (χ0) is 23.1. The Hall–Kier alpha value is -2.46. The molecule has 3 rings (SSSR count). The number of sulfonamides is 1. The molecule has 1 aromatic rings. The van der Waals surface area contributed by atoms with Crippen LogP contribution < -0.4 is 15.8 Å². The predicted molar refractivity (Wildman–Crippen MR) is 122 cm³/mol. The number of nitrogen functional groups attached to an aromatic ring is 1. The fraction of sp³-hybridized carbons (Fsp3) is 0.591. The van der Waals surface area contributed by atoms with Gasteiger partial charge < -0.3 is 16.0 Å². The van der Waals surface area contributed by atoms with Crippen molar-refractivity contribution in [1.29, 1.82) is 5.41 Å². The molecule has 1 saturated carbocycles. The first kappa shape index (κ1) is 24.2. The number of rotatable bonds is 9. The second-order valence-corrected chi connectivity index (χ2v) is 10.5. The SMILES string of the molecule is N=C(N)c1ccc(CNC(=O)[C@@H]2CCCN2C(=O)CNS(=O)(=O)CC2CCCCC2)cc1. The molecule has 1 heterocycles. The molecule has 0 spiro atoms. The molecule has 32 heavy (non-hydrogen) atoms. The molecule has 0 unspecified atom stereocenters. The van der Waals surface area contributed by atoms with Gasteiger partial charge in [-0.25, -0.2) is 13.1 Å². The monoisotopic (exact) mass is 463 g/mol. The van der Waals surface area contributed by atoms with Crippen molar-refractivity contribution in [2.24, 2.45) is 11.7 Å². The molecule has 1 atom stereocenters. The summed E-state index contributed by atoms with van der Waals surface area (Å²) in [5.74, 6) is -0.425. The Labute approximate surface area is 189 Å². The van der Waals surface area contributed by atoms with Crippen LogP contribution in [-0.4, -0.2) is 55.9 Å². The van der Waals surface area contributed by atoms with E-state index in [0.29, 0.717) is 31.5 Å². The lowest BCUT2D eigenvalue weighted by atomic mass is 9.91. The Morgan fingerprint density at radius 3 is 2.41 bits per heavy atom. The first-order chi connectivity index (χ1) is 15.2. The third kappa shape index (κ3) is 6.77. The van der Waals surface area contributed by atoms with Crippen LogP contribution in [0.25, 0.3) is 0 Å². The van der Waals surface area contributed by atoms with Crippen LogP contribution in [0.4, 0.5) is 0 Å². The lowest BCUT2D eigenvalue weighted by Gasteiger charge is -2.25. The molecule has 1 aromatic carbocycles. The third-order valence-corrected chi connectivity index (χ3v) is 7.73. The number of carbonyl (C=O) groups excluding carboxylic acids is 2. The van der Waals surface area contributed by atoms with E-state index in [9.17, 15) is 18.0 Å². The van der Waals surface area contributed by atoms with E-state index in [4.69, 9.17) is 11.1 Å². The quantitative estimate of drug-likeness (QED) is 0.320. The van der Waals surface area contributed by atoms with Crippen molar-refractivity contribution in [3.8, 4) is 0 Å². The van der Waals surface area contributed by atoms with Gasteiger partial charge in [-0.1, -0.05) is 43.5 Å². The molecule has 0 bridgehead atoms. The molecule has 1 aliphatic heterocycles. The number of nitrogens with zero attached hydrogens (tertiary/aromatic N) is 1. The van der Waals surface area contributed by atoms with E-state index in [0.717, 1.165) is 37.7 Å². The Kier molecular flexibility index (Phi) is 8.25. The van der Waals surface area contributed by atoms with Crippen LogP contribution in [-0.2, 0) is 26.2 Å². The van der Waals surface area contributed by atoms with Crippen LogP contribution in [0.1, 0.15) is 56.1 Å². The van der Waals surface area contributed by atoms with Gasteiger partial charge in [0.2, 0.25) is 21.8 Å². The zero-order valence-corrected chi connectivity index (χ0v) is 19.1. The molecule has 9 nitrogen and oxygen atoms in total. The summed E-state index contributed by atoms with van der Waals surface area (Å²) in [4.78, 5) is 26.8. The smallest absolute Gasteiger partial charge is 0.243 e. The molecule has 176 valence electrons. The second kappa shape index (κ2) is 10.9. The van der Waals surface area contributed by atoms with Gasteiger partial charge in [0.15, 0.2) is 0 Å². The molecule has 2 aliphatic rings. The summed E-state index contributed by atoms with van der Waals surface area (Å²) >= 11 is 0. The molecule has 2 amide bonds. The standard InChI is InChI=1S/C22H33N5O4S/c23-21(24)18-10-8-16(9-11-18)13-25-22(29)19-7-4-12-27(19)20(28)14-26-32(30,31)15-17-5-2-1-3-6-17/h8-11,17,19,26H,1-7,12-15H2,(H3,23,24)(H,25,29)/t19-/m0/s1. The minimum Gasteiger partial charge on any atom is -0.384 e. The van der Waals surface area contributed by atoms with Gasteiger partial charge in [0.25, 0.3) is 0 Å². The summed E-state index contributed by atoms with van der Waals surface area (Å²) in [6, 6.07) is 6.41. The van der Waals surface area contributed by atoms with Gasteiger partial charge in [0.05, 0.1) is 12.3 Å².